The van der Waals surface area contributed by atoms with Gasteiger partial charge in [-0.1, -0.05) is 20.8 Å². The Bertz CT molecular complexity index is 445. The SMILES string of the molecule is CC(C)(C)c1ccc(C2NC(=S)NC2=O)s1. The lowest BCUT2D eigenvalue weighted by atomic mass is 9.95. The van der Waals surface area contributed by atoms with E-state index in [1.807, 2.05) is 6.07 Å². The van der Waals surface area contributed by atoms with Gasteiger partial charge in [-0.05, 0) is 29.8 Å². The number of rotatable bonds is 1. The van der Waals surface area contributed by atoms with E-state index in [0.29, 0.717) is 5.11 Å². The molecule has 0 radical (unpaired) electrons. The smallest absolute Gasteiger partial charge is 0.254 e. The van der Waals surface area contributed by atoms with Crippen LogP contribution in [0.3, 0.4) is 0 Å². The fraction of sp³-hybridized carbons (Fsp3) is 0.455. The fourth-order valence-electron chi connectivity index (χ4n) is 1.53. The minimum atomic E-state index is -0.311. The van der Waals surface area contributed by atoms with E-state index in [2.05, 4.69) is 37.5 Å². The van der Waals surface area contributed by atoms with Crippen molar-refractivity contribution in [2.75, 3.05) is 0 Å². The van der Waals surface area contributed by atoms with Gasteiger partial charge in [0.1, 0.15) is 6.04 Å². The van der Waals surface area contributed by atoms with Gasteiger partial charge < -0.3 is 10.6 Å². The Morgan fingerprint density at radius 2 is 2.06 bits per heavy atom. The molecule has 1 unspecified atom stereocenters. The van der Waals surface area contributed by atoms with E-state index < -0.39 is 0 Å². The number of thiophene rings is 1. The average molecular weight is 254 g/mol. The van der Waals surface area contributed by atoms with Gasteiger partial charge in [0.05, 0.1) is 0 Å². The molecular formula is C11H14N2OS2. The first-order chi connectivity index (χ1) is 7.38. The molecule has 16 heavy (non-hydrogen) atoms. The quantitative estimate of drug-likeness (QED) is 0.754. The summed E-state index contributed by atoms with van der Waals surface area (Å²) in [4.78, 5) is 13.9. The predicted molar refractivity (Wildman–Crippen MR) is 69.6 cm³/mol. The molecular weight excluding hydrogens is 240 g/mol. The zero-order chi connectivity index (χ0) is 11.9. The van der Waals surface area contributed by atoms with E-state index in [1.165, 1.54) is 4.88 Å². The molecule has 3 nitrogen and oxygen atoms in total. The third-order valence-electron chi connectivity index (χ3n) is 2.42. The highest BCUT2D eigenvalue weighted by atomic mass is 32.1. The van der Waals surface area contributed by atoms with Crippen LogP contribution in [0.1, 0.15) is 36.6 Å². The van der Waals surface area contributed by atoms with Gasteiger partial charge in [-0.15, -0.1) is 11.3 Å². The van der Waals surface area contributed by atoms with Crippen molar-refractivity contribution in [3.63, 3.8) is 0 Å². The van der Waals surface area contributed by atoms with Crippen molar-refractivity contribution in [1.29, 1.82) is 0 Å². The van der Waals surface area contributed by atoms with Crippen molar-refractivity contribution in [3.8, 4) is 0 Å². The third kappa shape index (κ3) is 2.10. The minimum absolute atomic E-state index is 0.0627. The topological polar surface area (TPSA) is 41.1 Å². The number of carbonyl (C=O) groups is 1. The lowest BCUT2D eigenvalue weighted by Gasteiger charge is -2.15. The summed E-state index contributed by atoms with van der Waals surface area (Å²) in [6.07, 6.45) is 0. The highest BCUT2D eigenvalue weighted by Gasteiger charge is 2.30. The van der Waals surface area contributed by atoms with Gasteiger partial charge in [-0.2, -0.15) is 0 Å². The molecule has 2 heterocycles. The Balaban J connectivity index is 2.26. The third-order valence-corrected chi connectivity index (χ3v) is 4.22. The molecule has 0 aliphatic carbocycles. The van der Waals surface area contributed by atoms with E-state index >= 15 is 0 Å². The summed E-state index contributed by atoms with van der Waals surface area (Å²) in [5, 5.41) is 5.98. The van der Waals surface area contributed by atoms with Crippen LogP contribution in [-0.2, 0) is 10.2 Å². The molecule has 0 bridgehead atoms. The second kappa shape index (κ2) is 3.82. The van der Waals surface area contributed by atoms with Gasteiger partial charge in [0.25, 0.3) is 5.91 Å². The molecule has 1 atom stereocenters. The maximum atomic E-state index is 11.6. The van der Waals surface area contributed by atoms with Gasteiger partial charge in [-0.25, -0.2) is 0 Å². The summed E-state index contributed by atoms with van der Waals surface area (Å²) >= 11 is 6.57. The van der Waals surface area contributed by atoms with Gasteiger partial charge >= 0.3 is 0 Å². The van der Waals surface area contributed by atoms with Crippen molar-refractivity contribution in [2.24, 2.45) is 0 Å². The van der Waals surface area contributed by atoms with Crippen molar-refractivity contribution in [2.45, 2.75) is 32.2 Å². The Morgan fingerprint density at radius 1 is 1.38 bits per heavy atom. The van der Waals surface area contributed by atoms with Crippen LogP contribution < -0.4 is 10.6 Å². The molecule has 1 aromatic heterocycles. The van der Waals surface area contributed by atoms with Gasteiger partial charge in [0.2, 0.25) is 0 Å². The summed E-state index contributed by atoms with van der Waals surface area (Å²) in [6, 6.07) is 3.76. The van der Waals surface area contributed by atoms with Crippen LogP contribution in [0.25, 0.3) is 0 Å². The maximum absolute atomic E-state index is 11.6. The van der Waals surface area contributed by atoms with Crippen LogP contribution >= 0.6 is 23.6 Å². The first-order valence-electron chi connectivity index (χ1n) is 5.09. The van der Waals surface area contributed by atoms with Crippen molar-refractivity contribution < 1.29 is 4.79 Å². The number of hydrogen-bond acceptors (Lipinski definition) is 3. The molecule has 0 spiro atoms. The molecule has 86 valence electrons. The van der Waals surface area contributed by atoms with Crippen molar-refractivity contribution >= 4 is 34.6 Å². The largest absolute Gasteiger partial charge is 0.346 e. The van der Waals surface area contributed by atoms with E-state index in [1.54, 1.807) is 11.3 Å². The van der Waals surface area contributed by atoms with E-state index in [-0.39, 0.29) is 17.4 Å². The second-order valence-corrected chi connectivity index (χ2v) is 6.37. The van der Waals surface area contributed by atoms with Crippen LogP contribution in [0, 0.1) is 0 Å². The summed E-state index contributed by atoms with van der Waals surface area (Å²) < 4.78 is 0. The summed E-state index contributed by atoms with van der Waals surface area (Å²) in [5.74, 6) is -0.0627. The molecule has 0 aromatic carbocycles. The molecule has 1 aliphatic rings. The number of nitrogens with one attached hydrogen (secondary N) is 2. The minimum Gasteiger partial charge on any atom is -0.346 e. The predicted octanol–water partition coefficient (Wildman–Crippen LogP) is 2.09. The van der Waals surface area contributed by atoms with Gasteiger partial charge in [-0.3, -0.25) is 4.79 Å². The molecule has 1 amide bonds. The van der Waals surface area contributed by atoms with Crippen LogP contribution in [0.5, 0.6) is 0 Å². The van der Waals surface area contributed by atoms with Crippen LogP contribution in [0.4, 0.5) is 0 Å². The normalized spacial score (nSPS) is 20.8. The summed E-state index contributed by atoms with van der Waals surface area (Å²) in [5.41, 5.74) is 0.124. The first-order valence-corrected chi connectivity index (χ1v) is 6.32. The molecule has 5 heteroatoms. The Kier molecular flexibility index (Phi) is 2.75. The Labute approximate surface area is 104 Å². The monoisotopic (exact) mass is 254 g/mol. The Morgan fingerprint density at radius 3 is 2.50 bits per heavy atom. The highest BCUT2D eigenvalue weighted by molar-refractivity contribution is 7.80. The number of carbonyl (C=O) groups excluding carboxylic acids is 1. The Hall–Kier alpha value is -0.940. The zero-order valence-corrected chi connectivity index (χ0v) is 11.1. The summed E-state index contributed by atoms with van der Waals surface area (Å²) in [6.45, 7) is 6.49. The van der Waals surface area contributed by atoms with E-state index in [0.717, 1.165) is 4.88 Å². The molecule has 2 N–H and O–H groups in total. The lowest BCUT2D eigenvalue weighted by molar-refractivity contribution is -0.120. The van der Waals surface area contributed by atoms with Crippen LogP contribution in [-0.4, -0.2) is 11.0 Å². The zero-order valence-electron chi connectivity index (χ0n) is 9.46. The fourth-order valence-corrected chi connectivity index (χ4v) is 2.86. The molecule has 0 saturated carbocycles. The molecule has 1 saturated heterocycles. The highest BCUT2D eigenvalue weighted by Crippen LogP contribution is 2.33. The number of hydrogen-bond donors (Lipinski definition) is 2. The van der Waals surface area contributed by atoms with Gasteiger partial charge in [0.15, 0.2) is 5.11 Å². The van der Waals surface area contributed by atoms with Crippen molar-refractivity contribution in [3.05, 3.63) is 21.9 Å². The second-order valence-electron chi connectivity index (χ2n) is 4.85. The molecule has 1 aliphatic heterocycles. The van der Waals surface area contributed by atoms with Crippen LogP contribution in [0.2, 0.25) is 0 Å². The number of amides is 1. The van der Waals surface area contributed by atoms with E-state index in [9.17, 15) is 4.79 Å². The van der Waals surface area contributed by atoms with Crippen molar-refractivity contribution in [1.82, 2.24) is 10.6 Å². The lowest BCUT2D eigenvalue weighted by Crippen LogP contribution is -2.21. The van der Waals surface area contributed by atoms with E-state index in [4.69, 9.17) is 12.2 Å². The standard InChI is InChI=1S/C11H14N2OS2/c1-11(2,3)7-5-4-6(16-7)8-9(14)13-10(15)12-8/h4-5,8H,1-3H3,(H2,12,13,14,15). The average Bonchev–Trinajstić information content (AvgIpc) is 2.70. The number of thiocarbonyl (C=S) groups is 1. The van der Waals surface area contributed by atoms with Gasteiger partial charge in [0, 0.05) is 9.75 Å². The van der Waals surface area contributed by atoms with Crippen LogP contribution in [0.15, 0.2) is 12.1 Å². The first kappa shape index (κ1) is 11.5. The summed E-state index contributed by atoms with van der Waals surface area (Å²) in [7, 11) is 0. The maximum Gasteiger partial charge on any atom is 0.254 e. The molecule has 1 aromatic rings. The molecule has 1 fully saturated rings. The molecule has 2 rings (SSSR count).